The molecule has 0 aliphatic heterocycles. The highest BCUT2D eigenvalue weighted by Crippen LogP contribution is 2.67. The molecule has 4 aliphatic carbocycles. The molecule has 0 bridgehead atoms. The molecule has 4 aliphatic rings. The van der Waals surface area contributed by atoms with Gasteiger partial charge in [-0.15, -0.1) is 0 Å². The molecule has 0 aromatic carbocycles. The molecule has 27 heavy (non-hydrogen) atoms. The third-order valence-corrected chi connectivity index (χ3v) is 8.04. The van der Waals surface area contributed by atoms with Crippen LogP contribution >= 0.6 is 0 Å². The minimum absolute atomic E-state index is 0.0357. The fourth-order valence-electron chi connectivity index (χ4n) is 6.52. The summed E-state index contributed by atoms with van der Waals surface area (Å²) in [6, 6.07) is 0. The Hall–Kier alpha value is -1.59. The van der Waals surface area contributed by atoms with Gasteiger partial charge in [-0.1, -0.05) is 19.1 Å². The Morgan fingerprint density at radius 3 is 2.59 bits per heavy atom. The zero-order valence-corrected chi connectivity index (χ0v) is 15.8. The quantitative estimate of drug-likeness (QED) is 0.745. The van der Waals surface area contributed by atoms with E-state index in [2.05, 4.69) is 0 Å². The molecule has 4 nitrogen and oxygen atoms in total. The average molecular weight is 374 g/mol. The van der Waals surface area contributed by atoms with Crippen molar-refractivity contribution < 1.29 is 24.2 Å². The van der Waals surface area contributed by atoms with Gasteiger partial charge < -0.3 is 10.2 Å². The van der Waals surface area contributed by atoms with E-state index >= 15 is 4.39 Å². The molecule has 0 aromatic heterocycles. The lowest BCUT2D eigenvalue weighted by molar-refractivity contribution is -0.130. The van der Waals surface area contributed by atoms with Crippen molar-refractivity contribution in [3.63, 3.8) is 0 Å². The van der Waals surface area contributed by atoms with E-state index in [9.17, 15) is 19.8 Å². The van der Waals surface area contributed by atoms with Gasteiger partial charge in [-0.2, -0.15) is 0 Å². The van der Waals surface area contributed by atoms with Crippen molar-refractivity contribution in [2.75, 3.05) is 13.2 Å². The Kier molecular flexibility index (Phi) is 4.13. The number of ketones is 2. The first-order valence-corrected chi connectivity index (χ1v) is 9.80. The van der Waals surface area contributed by atoms with Crippen molar-refractivity contribution in [3.8, 4) is 0 Å². The molecule has 0 amide bonds. The van der Waals surface area contributed by atoms with E-state index in [0.29, 0.717) is 18.4 Å². The third kappa shape index (κ3) is 2.27. The molecule has 7 atom stereocenters. The lowest BCUT2D eigenvalue weighted by Gasteiger charge is -2.59. The molecule has 0 unspecified atom stereocenters. The SMILES string of the molecule is C[C@]12C=C[C@@]3(F)[C@@H](C[C@H](CO)C4=CC(=O)C=C[C@@]43C)[C@@H]1CC[C@@H]2C(=O)CO. The largest absolute Gasteiger partial charge is 0.396 e. The zero-order chi connectivity index (χ0) is 19.6. The van der Waals surface area contributed by atoms with Crippen molar-refractivity contribution in [3.05, 3.63) is 36.0 Å². The van der Waals surface area contributed by atoms with Crippen LogP contribution in [-0.2, 0) is 9.59 Å². The second kappa shape index (κ2) is 5.95. The summed E-state index contributed by atoms with van der Waals surface area (Å²) in [5.74, 6) is -1.29. The molecule has 5 heteroatoms. The number of rotatable bonds is 3. The zero-order valence-electron chi connectivity index (χ0n) is 15.8. The molecule has 0 spiro atoms. The van der Waals surface area contributed by atoms with Gasteiger partial charge in [-0.05, 0) is 61.3 Å². The van der Waals surface area contributed by atoms with Gasteiger partial charge in [0.1, 0.15) is 12.3 Å². The first kappa shape index (κ1) is 18.8. The number of halogens is 1. The average Bonchev–Trinajstić information content (AvgIpc) is 3.00. The highest BCUT2D eigenvalue weighted by Gasteiger charge is 2.66. The van der Waals surface area contributed by atoms with Crippen LogP contribution < -0.4 is 0 Å². The maximum atomic E-state index is 16.7. The van der Waals surface area contributed by atoms with E-state index in [1.54, 1.807) is 12.2 Å². The minimum atomic E-state index is -1.66. The van der Waals surface area contributed by atoms with Crippen LogP contribution in [0.5, 0.6) is 0 Å². The summed E-state index contributed by atoms with van der Waals surface area (Å²) in [5.41, 5.74) is -2.45. The molecule has 0 radical (unpaired) electrons. The lowest BCUT2D eigenvalue weighted by Crippen LogP contribution is -2.60. The second-order valence-corrected chi connectivity index (χ2v) is 9.09. The van der Waals surface area contributed by atoms with E-state index in [1.165, 1.54) is 12.2 Å². The number of hydrogen-bond acceptors (Lipinski definition) is 4. The number of carbonyl (C=O) groups excluding carboxylic acids is 2. The second-order valence-electron chi connectivity index (χ2n) is 9.09. The Balaban J connectivity index is 1.84. The molecule has 0 saturated heterocycles. The van der Waals surface area contributed by atoms with Crippen molar-refractivity contribution in [1.29, 1.82) is 0 Å². The Labute approximate surface area is 158 Å². The summed E-state index contributed by atoms with van der Waals surface area (Å²) in [6.07, 6.45) is 9.88. The monoisotopic (exact) mass is 374 g/mol. The smallest absolute Gasteiger partial charge is 0.178 e. The van der Waals surface area contributed by atoms with E-state index < -0.39 is 23.1 Å². The molecule has 4 rings (SSSR count). The van der Waals surface area contributed by atoms with E-state index in [-0.39, 0.29) is 41.8 Å². The van der Waals surface area contributed by atoms with Crippen LogP contribution in [0.4, 0.5) is 4.39 Å². The molecular weight excluding hydrogens is 347 g/mol. The number of aliphatic hydroxyl groups is 2. The number of aliphatic hydroxyl groups excluding tert-OH is 2. The van der Waals surface area contributed by atoms with Gasteiger partial charge in [0, 0.05) is 29.8 Å². The molecule has 2 N–H and O–H groups in total. The minimum Gasteiger partial charge on any atom is -0.396 e. The first-order valence-electron chi connectivity index (χ1n) is 9.80. The van der Waals surface area contributed by atoms with Crippen LogP contribution in [0.15, 0.2) is 36.0 Å². The summed E-state index contributed by atoms with van der Waals surface area (Å²) in [6.45, 7) is 3.21. The van der Waals surface area contributed by atoms with Crippen molar-refractivity contribution in [1.82, 2.24) is 0 Å². The summed E-state index contributed by atoms with van der Waals surface area (Å²) in [7, 11) is 0. The number of allylic oxidation sites excluding steroid dienone is 5. The van der Waals surface area contributed by atoms with Gasteiger partial charge in [0.25, 0.3) is 0 Å². The number of carbonyl (C=O) groups is 2. The number of Topliss-reactive ketones (excluding diaryl/α,β-unsaturated/α-hetero) is 1. The Morgan fingerprint density at radius 1 is 1.19 bits per heavy atom. The first-order chi connectivity index (χ1) is 12.7. The summed E-state index contributed by atoms with van der Waals surface area (Å²) in [5, 5.41) is 19.3. The Morgan fingerprint density at radius 2 is 1.93 bits per heavy atom. The molecule has 2 saturated carbocycles. The van der Waals surface area contributed by atoms with Crippen molar-refractivity contribution >= 4 is 11.6 Å². The number of hydrogen-bond donors (Lipinski definition) is 2. The van der Waals surface area contributed by atoms with Crippen LogP contribution in [-0.4, -0.2) is 40.7 Å². The van der Waals surface area contributed by atoms with Gasteiger partial charge in [0.2, 0.25) is 0 Å². The van der Waals surface area contributed by atoms with Crippen molar-refractivity contribution in [2.24, 2.45) is 34.5 Å². The number of fused-ring (bicyclic) bond motifs is 5. The van der Waals surface area contributed by atoms with Crippen LogP contribution in [0, 0.1) is 34.5 Å². The highest BCUT2D eigenvalue weighted by atomic mass is 19.1. The van der Waals surface area contributed by atoms with Gasteiger partial charge >= 0.3 is 0 Å². The van der Waals surface area contributed by atoms with E-state index in [1.807, 2.05) is 19.9 Å². The predicted octanol–water partition coefficient (Wildman–Crippen LogP) is 2.56. The maximum absolute atomic E-state index is 16.7. The molecular formula is C22H27FO4. The summed E-state index contributed by atoms with van der Waals surface area (Å²) in [4.78, 5) is 24.2. The maximum Gasteiger partial charge on any atom is 0.178 e. The fraction of sp³-hybridized carbons (Fsp3) is 0.636. The topological polar surface area (TPSA) is 74.6 Å². The van der Waals surface area contributed by atoms with Crippen LogP contribution in [0.3, 0.4) is 0 Å². The Bertz CT molecular complexity index is 783. The van der Waals surface area contributed by atoms with E-state index in [4.69, 9.17) is 0 Å². The molecule has 0 heterocycles. The highest BCUT2D eigenvalue weighted by molar-refractivity contribution is 6.01. The van der Waals surface area contributed by atoms with Crippen LogP contribution in [0.1, 0.15) is 33.1 Å². The number of alkyl halides is 1. The normalized spacial score (nSPS) is 47.9. The van der Waals surface area contributed by atoms with Gasteiger partial charge in [-0.3, -0.25) is 9.59 Å². The van der Waals surface area contributed by atoms with Gasteiger partial charge in [-0.25, -0.2) is 4.39 Å². The summed E-state index contributed by atoms with van der Waals surface area (Å²) < 4.78 is 16.7. The predicted molar refractivity (Wildman–Crippen MR) is 98.4 cm³/mol. The molecule has 146 valence electrons. The van der Waals surface area contributed by atoms with Crippen LogP contribution in [0.25, 0.3) is 0 Å². The summed E-state index contributed by atoms with van der Waals surface area (Å²) >= 11 is 0. The lowest BCUT2D eigenvalue weighted by atomic mass is 9.47. The molecule has 0 aromatic rings. The fourth-order valence-corrected chi connectivity index (χ4v) is 6.52. The van der Waals surface area contributed by atoms with Crippen LogP contribution in [0.2, 0.25) is 0 Å². The standard InChI is InChI=1S/C22H27FO4/c1-20-7-8-22(23)18(15(20)3-4-16(20)19(27)12-25)9-13(11-24)17-10-14(26)5-6-21(17,22)2/h5-8,10,13,15-16,18,24-25H,3-4,9,11-12H2,1-2H3/t13-,15+,16-,18+,20+,21+,22-/m1/s1. The van der Waals surface area contributed by atoms with Crippen molar-refractivity contribution in [2.45, 2.75) is 38.8 Å². The third-order valence-electron chi connectivity index (χ3n) is 8.04. The molecule has 2 fully saturated rings. The van der Waals surface area contributed by atoms with Gasteiger partial charge in [0.15, 0.2) is 11.6 Å². The van der Waals surface area contributed by atoms with E-state index in [0.717, 1.165) is 6.42 Å². The van der Waals surface area contributed by atoms with Gasteiger partial charge in [0.05, 0.1) is 0 Å².